The Labute approximate surface area is 225 Å². The normalized spacial score (nSPS) is 28.4. The fraction of sp³-hybridized carbons (Fsp3) is 0.621. The van der Waals surface area contributed by atoms with Crippen molar-refractivity contribution in [3.63, 3.8) is 0 Å². The Balaban J connectivity index is 1.18. The van der Waals surface area contributed by atoms with Gasteiger partial charge in [0.25, 0.3) is 0 Å². The molecule has 5 aliphatic rings. The third kappa shape index (κ3) is 4.34. The van der Waals surface area contributed by atoms with E-state index >= 15 is 0 Å². The van der Waals surface area contributed by atoms with E-state index < -0.39 is 5.41 Å². The zero-order chi connectivity index (χ0) is 26.4. The highest BCUT2D eigenvalue weighted by molar-refractivity contribution is 6.09. The fourth-order valence-corrected chi connectivity index (χ4v) is 6.94. The van der Waals surface area contributed by atoms with Crippen molar-refractivity contribution in [1.82, 2.24) is 20.4 Å². The van der Waals surface area contributed by atoms with Crippen LogP contribution in [0.4, 0.5) is 11.4 Å². The molecule has 9 nitrogen and oxygen atoms in total. The predicted octanol–water partition coefficient (Wildman–Crippen LogP) is 2.79. The van der Waals surface area contributed by atoms with Crippen molar-refractivity contribution in [2.75, 3.05) is 42.9 Å². The zero-order valence-corrected chi connectivity index (χ0v) is 22.9. The molecule has 2 unspecified atom stereocenters. The number of carbonyl (C=O) groups is 2. The van der Waals surface area contributed by atoms with Gasteiger partial charge in [-0.25, -0.2) is 4.99 Å². The summed E-state index contributed by atoms with van der Waals surface area (Å²) in [6.07, 6.45) is 6.65. The van der Waals surface area contributed by atoms with Gasteiger partial charge >= 0.3 is 0 Å². The molecule has 1 aliphatic carbocycles. The van der Waals surface area contributed by atoms with Crippen LogP contribution >= 0.6 is 0 Å². The van der Waals surface area contributed by atoms with E-state index in [4.69, 9.17) is 4.99 Å². The van der Waals surface area contributed by atoms with Crippen molar-refractivity contribution in [1.29, 1.82) is 0 Å². The smallest absolute Gasteiger partial charge is 0.244 e. The molecular weight excluding hydrogens is 478 g/mol. The third-order valence-corrected chi connectivity index (χ3v) is 9.17. The number of aryl methyl sites for hydroxylation is 1. The van der Waals surface area contributed by atoms with Crippen molar-refractivity contribution >= 4 is 29.4 Å². The minimum atomic E-state index is -0.983. The summed E-state index contributed by atoms with van der Waals surface area (Å²) in [6, 6.07) is 7.24. The van der Waals surface area contributed by atoms with Gasteiger partial charge in [0.05, 0.1) is 0 Å². The highest BCUT2D eigenvalue weighted by Gasteiger charge is 2.56. The molecular formula is C29H41N7O2. The van der Waals surface area contributed by atoms with Crippen LogP contribution in [0.5, 0.6) is 0 Å². The molecule has 9 heteroatoms. The number of nitrogens with zero attached hydrogens (tertiary/aromatic N) is 4. The lowest BCUT2D eigenvalue weighted by Crippen LogP contribution is -2.58. The number of nitrogens with one attached hydrogen (secondary N) is 3. The summed E-state index contributed by atoms with van der Waals surface area (Å²) >= 11 is 0. The summed E-state index contributed by atoms with van der Waals surface area (Å²) in [4.78, 5) is 38.4. The maximum absolute atomic E-state index is 13.9. The molecule has 4 heterocycles. The van der Waals surface area contributed by atoms with Gasteiger partial charge in [0.15, 0.2) is 6.29 Å². The number of aliphatic imine (C=N–C) groups is 1. The quantitative estimate of drug-likeness (QED) is 0.518. The van der Waals surface area contributed by atoms with E-state index in [1.807, 2.05) is 11.1 Å². The lowest BCUT2D eigenvalue weighted by molar-refractivity contribution is -0.150. The van der Waals surface area contributed by atoms with E-state index in [-0.39, 0.29) is 24.1 Å². The molecule has 2 atom stereocenters. The van der Waals surface area contributed by atoms with Crippen LogP contribution in [0.1, 0.15) is 57.9 Å². The van der Waals surface area contributed by atoms with Gasteiger partial charge in [0, 0.05) is 74.4 Å². The topological polar surface area (TPSA) is 92.3 Å². The molecule has 0 radical (unpaired) electrons. The van der Waals surface area contributed by atoms with Gasteiger partial charge in [-0.15, -0.1) is 0 Å². The molecule has 3 N–H and O–H groups in total. The zero-order valence-electron chi connectivity index (χ0n) is 22.9. The number of benzene rings is 1. The first-order chi connectivity index (χ1) is 18.4. The largest absolute Gasteiger partial charge is 0.369 e. The van der Waals surface area contributed by atoms with Crippen molar-refractivity contribution in [3.05, 3.63) is 35.2 Å². The Kier molecular flexibility index (Phi) is 6.58. The standard InChI is InChI=1S/C29H41N7O2/c1-19(2)34-12-14-35(15-13-34)24-9-8-22(16-20(24)3)32-28-31-18-21-17-29(10-11-30-26(29)37)27(38)36(25(21)33-28)23-6-4-5-7-23/h8-9,16,18-19,23,28,32-33H,4-7,10-15,17H2,1-3H3,(H,30,37). The number of carbonyl (C=O) groups excluding carboxylic acids is 2. The maximum atomic E-state index is 13.9. The molecule has 38 heavy (non-hydrogen) atoms. The molecule has 0 aromatic heterocycles. The van der Waals surface area contributed by atoms with Crippen LogP contribution in [0.25, 0.3) is 0 Å². The molecule has 2 saturated heterocycles. The number of hydrogen-bond acceptors (Lipinski definition) is 7. The van der Waals surface area contributed by atoms with Gasteiger partial charge in [-0.3, -0.25) is 19.4 Å². The van der Waals surface area contributed by atoms with Crippen molar-refractivity contribution in [3.8, 4) is 0 Å². The van der Waals surface area contributed by atoms with Gasteiger partial charge in [-0.1, -0.05) is 12.8 Å². The van der Waals surface area contributed by atoms with E-state index in [0.29, 0.717) is 25.4 Å². The highest BCUT2D eigenvalue weighted by Crippen LogP contribution is 2.44. The molecule has 3 fully saturated rings. The maximum Gasteiger partial charge on any atom is 0.244 e. The first-order valence-electron chi connectivity index (χ1n) is 14.4. The first-order valence-corrected chi connectivity index (χ1v) is 14.4. The molecule has 1 aromatic carbocycles. The Morgan fingerprint density at radius 1 is 1.11 bits per heavy atom. The van der Waals surface area contributed by atoms with E-state index in [1.165, 1.54) is 11.3 Å². The van der Waals surface area contributed by atoms with Crippen molar-refractivity contribution < 1.29 is 9.59 Å². The van der Waals surface area contributed by atoms with Crippen LogP contribution in [0.2, 0.25) is 0 Å². The van der Waals surface area contributed by atoms with E-state index in [9.17, 15) is 9.59 Å². The number of piperazine rings is 1. The van der Waals surface area contributed by atoms with Crippen LogP contribution in [-0.4, -0.2) is 78.9 Å². The van der Waals surface area contributed by atoms with Crippen molar-refractivity contribution in [2.24, 2.45) is 10.4 Å². The second kappa shape index (κ2) is 9.91. The van der Waals surface area contributed by atoms with E-state index in [2.05, 4.69) is 64.7 Å². The van der Waals surface area contributed by atoms with Gasteiger partial charge in [-0.05, 0) is 63.8 Å². The third-order valence-electron chi connectivity index (χ3n) is 9.17. The average Bonchev–Trinajstić information content (AvgIpc) is 3.56. The summed E-state index contributed by atoms with van der Waals surface area (Å²) in [5.74, 6) is 0.653. The summed E-state index contributed by atoms with van der Waals surface area (Å²) in [7, 11) is 0. The summed E-state index contributed by atoms with van der Waals surface area (Å²) in [6.45, 7) is 11.5. The Morgan fingerprint density at radius 3 is 2.53 bits per heavy atom. The molecule has 1 spiro atoms. The van der Waals surface area contributed by atoms with Gasteiger partial charge in [0.2, 0.25) is 11.8 Å². The number of amides is 2. The molecule has 4 aliphatic heterocycles. The Bertz CT molecular complexity index is 1160. The van der Waals surface area contributed by atoms with Crippen LogP contribution in [0.3, 0.4) is 0 Å². The first kappa shape index (κ1) is 25.2. The lowest BCUT2D eigenvalue weighted by atomic mass is 9.75. The van der Waals surface area contributed by atoms with E-state index in [1.54, 1.807) is 0 Å². The van der Waals surface area contributed by atoms with Crippen LogP contribution in [0, 0.1) is 12.3 Å². The Hall–Kier alpha value is -3.07. The predicted molar refractivity (Wildman–Crippen MR) is 150 cm³/mol. The average molecular weight is 520 g/mol. The second-order valence-electron chi connectivity index (χ2n) is 11.8. The second-order valence-corrected chi connectivity index (χ2v) is 11.8. The molecule has 0 bridgehead atoms. The fourth-order valence-electron chi connectivity index (χ4n) is 6.94. The number of anilines is 2. The van der Waals surface area contributed by atoms with Crippen LogP contribution in [-0.2, 0) is 9.59 Å². The van der Waals surface area contributed by atoms with Crippen LogP contribution in [0.15, 0.2) is 34.6 Å². The van der Waals surface area contributed by atoms with Crippen LogP contribution < -0.4 is 20.9 Å². The monoisotopic (exact) mass is 519 g/mol. The number of hydrogen-bond donors (Lipinski definition) is 3. The molecule has 204 valence electrons. The van der Waals surface area contributed by atoms with Gasteiger partial charge in [0.1, 0.15) is 11.2 Å². The SMILES string of the molecule is Cc1cc(NC2N=CC3=C(N2)N(C2CCCC2)C(=O)C2(CCNC2=O)C3)ccc1N1CCN(C(C)C)CC1. The molecule has 1 saturated carbocycles. The highest BCUT2D eigenvalue weighted by atomic mass is 16.2. The molecule has 2 amide bonds. The Morgan fingerprint density at radius 2 is 1.87 bits per heavy atom. The number of rotatable bonds is 5. The number of allylic oxidation sites excluding steroid dienone is 1. The van der Waals surface area contributed by atoms with Crippen molar-refractivity contribution in [2.45, 2.75) is 77.7 Å². The molecule has 1 aromatic rings. The minimum absolute atomic E-state index is 0.0440. The van der Waals surface area contributed by atoms with Gasteiger partial charge < -0.3 is 20.9 Å². The lowest BCUT2D eigenvalue weighted by Gasteiger charge is -2.44. The van der Waals surface area contributed by atoms with Gasteiger partial charge in [-0.2, -0.15) is 0 Å². The summed E-state index contributed by atoms with van der Waals surface area (Å²) in [5.41, 5.74) is 3.49. The summed E-state index contributed by atoms with van der Waals surface area (Å²) in [5, 5.41) is 9.95. The minimum Gasteiger partial charge on any atom is -0.369 e. The van der Waals surface area contributed by atoms with E-state index in [0.717, 1.165) is 68.9 Å². The summed E-state index contributed by atoms with van der Waals surface area (Å²) < 4.78 is 0. The molecule has 6 rings (SSSR count).